The standard InChI is InChI=1S/C40H46N4O4S/c1-44-14-13-41-39(44)49-25-35-19-36(32-7-5-26(24-45)6-8-32)48-37(47-35)33-11-9-31(10-12-33)34-4-2-3-27(18-34)23-42-38(46)43-40-20-28-15-29(21-40)17-30(16-28)22-40/h2-14,18,28-30,35-37,45H,15-17,19-25H2,1H3,(H2,42,43,46)/t28?,29?,30?,35-,36+,37+,40?/m1/s1. The number of benzene rings is 3. The number of carbonyl (C=O) groups is 1. The first-order chi connectivity index (χ1) is 23.9. The van der Waals surface area contributed by atoms with Gasteiger partial charge >= 0.3 is 6.03 Å². The summed E-state index contributed by atoms with van der Waals surface area (Å²) in [6.07, 6.45) is 11.4. The number of aryl methyl sites for hydroxylation is 1. The van der Waals surface area contributed by atoms with Crippen LogP contribution in [0.25, 0.3) is 11.1 Å². The second kappa shape index (κ2) is 13.9. The Hall–Kier alpha value is -3.63. The minimum Gasteiger partial charge on any atom is -0.392 e. The summed E-state index contributed by atoms with van der Waals surface area (Å²) in [6, 6.07) is 24.8. The zero-order valence-electron chi connectivity index (χ0n) is 28.1. The highest BCUT2D eigenvalue weighted by Crippen LogP contribution is 2.55. The summed E-state index contributed by atoms with van der Waals surface area (Å²) in [7, 11) is 2.00. The molecule has 8 nitrogen and oxygen atoms in total. The summed E-state index contributed by atoms with van der Waals surface area (Å²) in [6.45, 7) is 0.509. The zero-order valence-corrected chi connectivity index (χ0v) is 28.9. The summed E-state index contributed by atoms with van der Waals surface area (Å²) in [5.41, 5.74) is 6.20. The quantitative estimate of drug-likeness (QED) is 0.149. The lowest BCUT2D eigenvalue weighted by Crippen LogP contribution is -2.61. The Balaban J connectivity index is 0.921. The van der Waals surface area contributed by atoms with Crippen LogP contribution in [0.4, 0.5) is 4.79 Å². The number of nitrogens with zero attached hydrogens (tertiary/aromatic N) is 2. The Labute approximate surface area is 293 Å². The lowest BCUT2D eigenvalue weighted by atomic mass is 9.53. The lowest BCUT2D eigenvalue weighted by Gasteiger charge is -2.56. The van der Waals surface area contributed by atoms with Crippen LogP contribution >= 0.6 is 11.8 Å². The highest BCUT2D eigenvalue weighted by molar-refractivity contribution is 7.99. The maximum Gasteiger partial charge on any atom is 0.315 e. The van der Waals surface area contributed by atoms with Gasteiger partial charge in [0.15, 0.2) is 11.4 Å². The number of thioether (sulfide) groups is 1. The van der Waals surface area contributed by atoms with Crippen LogP contribution in [-0.4, -0.2) is 38.1 Å². The molecule has 4 aromatic rings. The maximum absolute atomic E-state index is 13.1. The van der Waals surface area contributed by atoms with E-state index in [1.165, 1.54) is 19.3 Å². The van der Waals surface area contributed by atoms with E-state index in [0.717, 1.165) is 87.7 Å². The van der Waals surface area contributed by atoms with Crippen molar-refractivity contribution in [1.29, 1.82) is 0 Å². The lowest BCUT2D eigenvalue weighted by molar-refractivity contribution is -0.245. The van der Waals surface area contributed by atoms with Gasteiger partial charge < -0.3 is 29.8 Å². The molecule has 4 saturated carbocycles. The second-order valence-corrected chi connectivity index (χ2v) is 15.8. The van der Waals surface area contributed by atoms with Crippen molar-refractivity contribution in [3.05, 3.63) is 107 Å². The Bertz CT molecular complexity index is 1720. The van der Waals surface area contributed by atoms with E-state index in [9.17, 15) is 9.90 Å². The van der Waals surface area contributed by atoms with Gasteiger partial charge in [0.25, 0.3) is 0 Å². The van der Waals surface area contributed by atoms with Gasteiger partial charge in [-0.05, 0) is 90.2 Å². The molecule has 4 bridgehead atoms. The summed E-state index contributed by atoms with van der Waals surface area (Å²) < 4.78 is 15.1. The number of amides is 2. The first-order valence-corrected chi connectivity index (χ1v) is 18.7. The van der Waals surface area contributed by atoms with Crippen LogP contribution in [0.1, 0.15) is 79.6 Å². The third kappa shape index (κ3) is 7.31. The molecule has 3 atom stereocenters. The Morgan fingerprint density at radius 3 is 2.29 bits per heavy atom. The van der Waals surface area contributed by atoms with Gasteiger partial charge in [0.1, 0.15) is 0 Å². The van der Waals surface area contributed by atoms with Crippen molar-refractivity contribution in [3.63, 3.8) is 0 Å². The molecule has 1 saturated heterocycles. The minimum atomic E-state index is -0.514. The van der Waals surface area contributed by atoms with Crippen LogP contribution in [0.5, 0.6) is 0 Å². The van der Waals surface area contributed by atoms with Gasteiger partial charge in [-0.25, -0.2) is 9.78 Å². The third-order valence-electron chi connectivity index (χ3n) is 11.1. The molecule has 256 valence electrons. The topological polar surface area (TPSA) is 97.6 Å². The molecule has 9 rings (SSSR count). The van der Waals surface area contributed by atoms with E-state index in [1.807, 2.05) is 48.3 Å². The molecular weight excluding hydrogens is 633 g/mol. The van der Waals surface area contributed by atoms with Gasteiger partial charge in [0, 0.05) is 49.3 Å². The van der Waals surface area contributed by atoms with Gasteiger partial charge in [0.05, 0.1) is 18.8 Å². The monoisotopic (exact) mass is 678 g/mol. The van der Waals surface area contributed by atoms with Crippen molar-refractivity contribution in [2.75, 3.05) is 5.75 Å². The molecule has 0 spiro atoms. The fourth-order valence-electron chi connectivity index (χ4n) is 9.11. The second-order valence-electron chi connectivity index (χ2n) is 14.8. The molecule has 2 amide bonds. The van der Waals surface area contributed by atoms with Crippen molar-refractivity contribution in [2.24, 2.45) is 24.8 Å². The van der Waals surface area contributed by atoms with Gasteiger partial charge in [-0.3, -0.25) is 0 Å². The highest BCUT2D eigenvalue weighted by Gasteiger charge is 2.51. The number of hydrogen-bond donors (Lipinski definition) is 3. The number of urea groups is 1. The fourth-order valence-corrected chi connectivity index (χ4v) is 10.1. The number of nitrogens with one attached hydrogen (secondary N) is 2. The van der Waals surface area contributed by atoms with E-state index >= 15 is 0 Å². The number of hydrogen-bond acceptors (Lipinski definition) is 6. The Kier molecular flexibility index (Phi) is 9.27. The van der Waals surface area contributed by atoms with E-state index in [4.69, 9.17) is 9.47 Å². The molecule has 3 aromatic carbocycles. The van der Waals surface area contributed by atoms with Gasteiger partial charge in [-0.1, -0.05) is 78.5 Å². The predicted molar refractivity (Wildman–Crippen MR) is 191 cm³/mol. The van der Waals surface area contributed by atoms with E-state index in [2.05, 4.69) is 64.1 Å². The smallest absolute Gasteiger partial charge is 0.315 e. The molecule has 3 N–H and O–H groups in total. The van der Waals surface area contributed by atoms with E-state index in [1.54, 1.807) is 11.8 Å². The van der Waals surface area contributed by atoms with Crippen LogP contribution in [0, 0.1) is 17.8 Å². The van der Waals surface area contributed by atoms with Crippen molar-refractivity contribution >= 4 is 17.8 Å². The maximum atomic E-state index is 13.1. The van der Waals surface area contributed by atoms with Gasteiger partial charge in [0.2, 0.25) is 0 Å². The Morgan fingerprint density at radius 1 is 0.898 bits per heavy atom. The summed E-state index contributed by atoms with van der Waals surface area (Å²) in [5, 5.41) is 17.1. The van der Waals surface area contributed by atoms with E-state index in [0.29, 0.717) is 6.54 Å². The fraction of sp³-hybridized carbons (Fsp3) is 0.450. The Morgan fingerprint density at radius 2 is 1.61 bits per heavy atom. The van der Waals surface area contributed by atoms with Crippen molar-refractivity contribution in [2.45, 2.75) is 87.3 Å². The number of imidazole rings is 1. The SMILES string of the molecule is Cn1ccnc1SC[C@H]1C[C@@H](c2ccc(CO)cc2)O[C@@H](c2ccc(-c3cccc(CNC(=O)NC45CC6CC(CC(C6)C4)C5)c3)cc2)O1. The molecule has 0 unspecified atom stereocenters. The first kappa shape index (κ1) is 32.6. The molecular formula is C40H46N4O4S. The van der Waals surface area contributed by atoms with Crippen LogP contribution in [0.15, 0.2) is 90.3 Å². The summed E-state index contributed by atoms with van der Waals surface area (Å²) >= 11 is 1.69. The zero-order chi connectivity index (χ0) is 33.4. The number of aliphatic hydroxyl groups excluding tert-OH is 1. The normalized spacial score (nSPS) is 28.8. The van der Waals surface area contributed by atoms with E-state index < -0.39 is 6.29 Å². The minimum absolute atomic E-state index is 0.0104. The number of ether oxygens (including phenoxy) is 2. The van der Waals surface area contributed by atoms with Crippen LogP contribution < -0.4 is 10.6 Å². The highest BCUT2D eigenvalue weighted by atomic mass is 32.2. The number of aliphatic hydroxyl groups is 1. The molecule has 4 aliphatic carbocycles. The van der Waals surface area contributed by atoms with Gasteiger partial charge in [-0.15, -0.1) is 0 Å². The molecule has 1 aliphatic heterocycles. The average molecular weight is 679 g/mol. The average Bonchev–Trinajstić information content (AvgIpc) is 3.53. The third-order valence-corrected chi connectivity index (χ3v) is 12.3. The molecule has 2 heterocycles. The predicted octanol–water partition coefficient (Wildman–Crippen LogP) is 7.69. The van der Waals surface area contributed by atoms with Crippen molar-refractivity contribution < 1.29 is 19.4 Å². The van der Waals surface area contributed by atoms with Crippen LogP contribution in [0.2, 0.25) is 0 Å². The van der Waals surface area contributed by atoms with Crippen LogP contribution in [0.3, 0.4) is 0 Å². The largest absolute Gasteiger partial charge is 0.392 e. The molecule has 49 heavy (non-hydrogen) atoms. The number of carbonyl (C=O) groups excluding carboxylic acids is 1. The molecule has 5 fully saturated rings. The summed E-state index contributed by atoms with van der Waals surface area (Å²) in [4.78, 5) is 17.5. The molecule has 0 radical (unpaired) electrons. The molecule has 1 aromatic heterocycles. The molecule has 9 heteroatoms. The van der Waals surface area contributed by atoms with Gasteiger partial charge in [-0.2, -0.15) is 0 Å². The number of rotatable bonds is 10. The van der Waals surface area contributed by atoms with Crippen molar-refractivity contribution in [3.8, 4) is 11.1 Å². The first-order valence-electron chi connectivity index (χ1n) is 17.8. The van der Waals surface area contributed by atoms with E-state index in [-0.39, 0.29) is 30.4 Å². The van der Waals surface area contributed by atoms with Crippen molar-refractivity contribution in [1.82, 2.24) is 20.2 Å². The number of aromatic nitrogens is 2. The van der Waals surface area contributed by atoms with Crippen LogP contribution in [-0.2, 0) is 29.7 Å². The summed E-state index contributed by atoms with van der Waals surface area (Å²) in [5.74, 6) is 3.16. The molecule has 5 aliphatic rings.